The molecule has 0 unspecified atom stereocenters. The molecule has 1 amide bonds. The lowest BCUT2D eigenvalue weighted by Crippen LogP contribution is -2.20. The van der Waals surface area contributed by atoms with Crippen LogP contribution >= 0.6 is 0 Å². The van der Waals surface area contributed by atoms with Crippen molar-refractivity contribution in [2.45, 2.75) is 26.8 Å². The van der Waals surface area contributed by atoms with Crippen LogP contribution in [0.1, 0.15) is 43.2 Å². The minimum atomic E-state index is -0.517. The van der Waals surface area contributed by atoms with Gasteiger partial charge in [-0.1, -0.05) is 30.3 Å². The number of Topliss-reactive ketones (excluding diaryl/α,β-unsaturated/α-hetero) is 1. The highest BCUT2D eigenvalue weighted by Gasteiger charge is 2.25. The van der Waals surface area contributed by atoms with Gasteiger partial charge in [-0.15, -0.1) is 0 Å². The van der Waals surface area contributed by atoms with Gasteiger partial charge in [-0.25, -0.2) is 4.79 Å². The topological polar surface area (TPSA) is 68.6 Å². The number of nitrogens with zero attached hydrogens (tertiary/aromatic N) is 2. The van der Waals surface area contributed by atoms with Gasteiger partial charge in [0.1, 0.15) is 0 Å². The van der Waals surface area contributed by atoms with Gasteiger partial charge in [-0.3, -0.25) is 9.59 Å². The zero-order valence-electron chi connectivity index (χ0n) is 17.8. The molecule has 6 heteroatoms. The Labute approximate surface area is 181 Å². The molecule has 0 atom stereocenters. The molecule has 1 aromatic heterocycles. The number of benzene rings is 2. The summed E-state index contributed by atoms with van der Waals surface area (Å²) in [5, 5.41) is 0. The van der Waals surface area contributed by atoms with Gasteiger partial charge in [0.15, 0.2) is 12.4 Å². The van der Waals surface area contributed by atoms with Crippen LogP contribution < -0.4 is 4.90 Å². The maximum atomic E-state index is 12.7. The smallest absolute Gasteiger partial charge is 0.340 e. The van der Waals surface area contributed by atoms with Gasteiger partial charge < -0.3 is 14.2 Å². The lowest BCUT2D eigenvalue weighted by atomic mass is 10.1. The molecule has 6 nitrogen and oxygen atoms in total. The number of ether oxygens (including phenoxy) is 1. The third-order valence-corrected chi connectivity index (χ3v) is 5.79. The van der Waals surface area contributed by atoms with Gasteiger partial charge >= 0.3 is 5.97 Å². The average Bonchev–Trinajstić information content (AvgIpc) is 3.22. The fraction of sp³-hybridized carbons (Fsp3) is 0.240. The first-order chi connectivity index (χ1) is 14.8. The van der Waals surface area contributed by atoms with Crippen LogP contribution in [0, 0.1) is 13.8 Å². The van der Waals surface area contributed by atoms with Gasteiger partial charge in [0, 0.05) is 36.2 Å². The number of ketones is 1. The molecular formula is C25H24N2O4. The molecule has 0 saturated heterocycles. The van der Waals surface area contributed by atoms with Gasteiger partial charge in [-0.2, -0.15) is 0 Å². The molecule has 4 rings (SSSR count). The van der Waals surface area contributed by atoms with E-state index in [0.29, 0.717) is 17.7 Å². The second kappa shape index (κ2) is 8.22. The summed E-state index contributed by atoms with van der Waals surface area (Å²) in [5.74, 6) is -0.815. The number of amides is 1. The van der Waals surface area contributed by atoms with E-state index in [4.69, 9.17) is 4.74 Å². The quantitative estimate of drug-likeness (QED) is 0.454. The highest BCUT2D eigenvalue weighted by Crippen LogP contribution is 2.28. The van der Waals surface area contributed by atoms with Crippen LogP contribution in [0.15, 0.2) is 54.6 Å². The van der Waals surface area contributed by atoms with Crippen LogP contribution in [0.25, 0.3) is 0 Å². The summed E-state index contributed by atoms with van der Waals surface area (Å²) in [6, 6.07) is 16.9. The average molecular weight is 416 g/mol. The van der Waals surface area contributed by atoms with E-state index in [1.165, 1.54) is 0 Å². The van der Waals surface area contributed by atoms with Gasteiger partial charge in [-0.05, 0) is 49.2 Å². The molecule has 0 bridgehead atoms. The molecule has 0 N–H and O–H groups in total. The molecule has 0 fully saturated rings. The summed E-state index contributed by atoms with van der Waals surface area (Å²) in [6.45, 7) is 4.14. The standard InChI is InChI=1S/C25H24N2O4/c1-16-11-21(17(2)27(16)14-18-7-5-4-6-8-18)25(30)31-15-23(28)19-9-10-22-20(12-19)13-24(29)26(22)3/h4-12H,13-15H2,1-3H3. The molecule has 0 aliphatic carbocycles. The first kappa shape index (κ1) is 20.6. The highest BCUT2D eigenvalue weighted by atomic mass is 16.5. The number of aromatic nitrogens is 1. The minimum Gasteiger partial charge on any atom is -0.454 e. The molecule has 0 spiro atoms. The van der Waals surface area contributed by atoms with Crippen molar-refractivity contribution in [3.63, 3.8) is 0 Å². The Kier molecular flexibility index (Phi) is 5.46. The predicted octanol–water partition coefficient (Wildman–Crippen LogP) is 3.71. The van der Waals surface area contributed by atoms with E-state index < -0.39 is 5.97 Å². The molecule has 1 aliphatic heterocycles. The minimum absolute atomic E-state index is 0.00288. The van der Waals surface area contributed by atoms with Crippen molar-refractivity contribution in [3.8, 4) is 0 Å². The number of aryl methyl sites for hydroxylation is 1. The van der Waals surface area contributed by atoms with Crippen LogP contribution in [-0.2, 0) is 22.5 Å². The Bertz CT molecular complexity index is 1180. The Morgan fingerprint density at radius 1 is 1.03 bits per heavy atom. The fourth-order valence-electron chi connectivity index (χ4n) is 3.95. The number of anilines is 1. The van der Waals surface area contributed by atoms with Crippen molar-refractivity contribution in [2.24, 2.45) is 0 Å². The SMILES string of the molecule is Cc1cc(C(=O)OCC(=O)c2ccc3c(c2)CC(=O)N3C)c(C)n1Cc1ccccc1. The Morgan fingerprint density at radius 3 is 2.52 bits per heavy atom. The van der Waals surface area contributed by atoms with E-state index in [1.807, 2.05) is 44.2 Å². The van der Waals surface area contributed by atoms with E-state index in [9.17, 15) is 14.4 Å². The molecule has 2 heterocycles. The van der Waals surface area contributed by atoms with Crippen molar-refractivity contribution in [1.82, 2.24) is 4.57 Å². The zero-order chi connectivity index (χ0) is 22.1. The molecule has 2 aromatic carbocycles. The second-order valence-corrected chi connectivity index (χ2v) is 7.83. The van der Waals surface area contributed by atoms with E-state index in [1.54, 1.807) is 36.2 Å². The molecule has 3 aromatic rings. The number of likely N-dealkylation sites (N-methyl/N-ethyl adjacent to an activating group) is 1. The first-order valence-corrected chi connectivity index (χ1v) is 10.2. The van der Waals surface area contributed by atoms with Crippen molar-refractivity contribution in [3.05, 3.63) is 88.2 Å². The number of hydrogen-bond acceptors (Lipinski definition) is 4. The fourth-order valence-corrected chi connectivity index (χ4v) is 3.95. The Hall–Kier alpha value is -3.67. The van der Waals surface area contributed by atoms with Crippen molar-refractivity contribution in [2.75, 3.05) is 18.6 Å². The van der Waals surface area contributed by atoms with E-state index in [-0.39, 0.29) is 24.7 Å². The maximum absolute atomic E-state index is 12.7. The van der Waals surface area contributed by atoms with E-state index in [0.717, 1.165) is 28.2 Å². The molecule has 158 valence electrons. The van der Waals surface area contributed by atoms with Gasteiger partial charge in [0.25, 0.3) is 0 Å². The molecule has 1 aliphatic rings. The number of carbonyl (C=O) groups excluding carboxylic acids is 3. The lowest BCUT2D eigenvalue weighted by molar-refractivity contribution is -0.117. The van der Waals surface area contributed by atoms with Crippen LogP contribution in [0.4, 0.5) is 5.69 Å². The predicted molar refractivity (Wildman–Crippen MR) is 118 cm³/mol. The number of hydrogen-bond donors (Lipinski definition) is 0. The lowest BCUT2D eigenvalue weighted by Gasteiger charge is -2.11. The number of fused-ring (bicyclic) bond motifs is 1. The van der Waals surface area contributed by atoms with Crippen LogP contribution in [-0.4, -0.2) is 35.9 Å². The van der Waals surface area contributed by atoms with E-state index >= 15 is 0 Å². The zero-order valence-corrected chi connectivity index (χ0v) is 17.8. The van der Waals surface area contributed by atoms with Crippen LogP contribution in [0.2, 0.25) is 0 Å². The van der Waals surface area contributed by atoms with Crippen LogP contribution in [0.3, 0.4) is 0 Å². The van der Waals surface area contributed by atoms with Crippen molar-refractivity contribution in [1.29, 1.82) is 0 Å². The molecule has 0 saturated carbocycles. The second-order valence-electron chi connectivity index (χ2n) is 7.83. The molecule has 0 radical (unpaired) electrons. The van der Waals surface area contributed by atoms with Crippen LogP contribution in [0.5, 0.6) is 0 Å². The van der Waals surface area contributed by atoms with Gasteiger partial charge in [0.05, 0.1) is 12.0 Å². The largest absolute Gasteiger partial charge is 0.454 e. The highest BCUT2D eigenvalue weighted by molar-refractivity contribution is 6.04. The normalized spacial score (nSPS) is 12.7. The monoisotopic (exact) mass is 416 g/mol. The summed E-state index contributed by atoms with van der Waals surface area (Å²) in [5.41, 5.74) is 5.41. The Balaban J connectivity index is 1.44. The summed E-state index contributed by atoms with van der Waals surface area (Å²) >= 11 is 0. The molecule has 31 heavy (non-hydrogen) atoms. The third-order valence-electron chi connectivity index (χ3n) is 5.79. The Morgan fingerprint density at radius 2 is 1.77 bits per heavy atom. The summed E-state index contributed by atoms with van der Waals surface area (Å²) in [7, 11) is 1.71. The number of carbonyl (C=O) groups is 3. The van der Waals surface area contributed by atoms with E-state index in [2.05, 4.69) is 4.57 Å². The summed E-state index contributed by atoms with van der Waals surface area (Å²) in [4.78, 5) is 38.6. The summed E-state index contributed by atoms with van der Waals surface area (Å²) < 4.78 is 7.38. The maximum Gasteiger partial charge on any atom is 0.340 e. The number of rotatable bonds is 6. The first-order valence-electron chi connectivity index (χ1n) is 10.2. The number of esters is 1. The van der Waals surface area contributed by atoms with Crippen molar-refractivity contribution < 1.29 is 19.1 Å². The molecular weight excluding hydrogens is 392 g/mol. The summed E-state index contributed by atoms with van der Waals surface area (Å²) in [6.07, 6.45) is 0.278. The van der Waals surface area contributed by atoms with Gasteiger partial charge in [0.2, 0.25) is 5.91 Å². The third kappa shape index (κ3) is 4.01. The van der Waals surface area contributed by atoms with Crippen molar-refractivity contribution >= 4 is 23.3 Å².